The summed E-state index contributed by atoms with van der Waals surface area (Å²) in [5, 5.41) is 103. The molecule has 0 aromatic heterocycles. The Morgan fingerprint density at radius 3 is 0.968 bits per heavy atom. The van der Waals surface area contributed by atoms with Gasteiger partial charge in [-0.2, -0.15) is 0 Å². The van der Waals surface area contributed by atoms with E-state index in [2.05, 4.69) is 101 Å². The van der Waals surface area contributed by atoms with Crippen molar-refractivity contribution >= 4 is 136 Å². The molecule has 3 aliphatic rings. The number of rotatable bonds is 35. The zero-order chi connectivity index (χ0) is 93.6. The van der Waals surface area contributed by atoms with Gasteiger partial charge in [0.05, 0.1) is 13.0 Å². The quantitative estimate of drug-likeness (QED) is 0.0159. The summed E-state index contributed by atoms with van der Waals surface area (Å²) in [7, 11) is 0. The number of amides is 16. The Morgan fingerprint density at radius 1 is 0.336 bits per heavy atom. The maximum atomic E-state index is 15.2. The van der Waals surface area contributed by atoms with Crippen LogP contribution in [0.3, 0.4) is 0 Å². The molecule has 16 amide bonds. The number of hydrogen-bond acceptors (Lipinski definition) is 23. The highest BCUT2D eigenvalue weighted by Gasteiger charge is 2.45. The number of carbonyl (C=O) groups excluding carboxylic acids is 16. The number of nitrogens with two attached hydrogens (primary N) is 9. The zero-order valence-electron chi connectivity index (χ0n) is 70.8. The number of carbonyl (C=O) groups is 16. The lowest BCUT2D eigenvalue weighted by Crippen LogP contribution is -2.61. The van der Waals surface area contributed by atoms with E-state index in [9.17, 15) is 67.1 Å². The summed E-state index contributed by atoms with van der Waals surface area (Å²) >= 11 is 0. The Morgan fingerprint density at radius 2 is 0.616 bits per heavy atom. The summed E-state index contributed by atoms with van der Waals surface area (Å²) < 4.78 is 0. The minimum Gasteiger partial charge on any atom is -0.370 e. The Labute approximate surface area is 722 Å². The van der Waals surface area contributed by atoms with Crippen molar-refractivity contribution in [2.24, 2.45) is 57.5 Å². The smallest absolute Gasteiger partial charge is 0.246 e. The minimum atomic E-state index is -1.98. The lowest BCUT2D eigenvalue weighted by molar-refractivity contribution is -0.148. The monoisotopic (exact) mass is 1770 g/mol. The van der Waals surface area contributed by atoms with Crippen molar-refractivity contribution in [3.05, 3.63) is 0 Å². The summed E-state index contributed by atoms with van der Waals surface area (Å²) in [5.74, 6) is -19.6. The SMILES string of the molecule is CC(C)C[C@@H]1NC(=O)[C@H](CCCNC(=N)N)NC(=O)[C@H](CCCNC(=N)N)NC(=O)[C@H]2CCCN2C(=O)[C@@H]2CCCN2C(=O)[C@H](CCCNC(=N)N)NC(=O)[C@H](CCCNC(=N)N)NC(=O)[C@H](CC(N)=O)NC(=O)[C@H](CCCNC(=N)N)NC(=O)[C@H](CCC(N)=O)NC(=O)CNC(=O)[C@@H](CCCNC(=N)N)NC(=O)[C@H](C)NC(=O)[C@H](CCCNC(=N)N)NC1=O. The molecule has 0 spiro atoms. The van der Waals surface area contributed by atoms with Crippen LogP contribution in [-0.4, -0.2) is 290 Å². The van der Waals surface area contributed by atoms with E-state index in [1.807, 2.05) is 0 Å². The number of primary amides is 2. The number of hydrogen-bond donors (Lipinski definition) is 35. The second-order valence-corrected chi connectivity index (χ2v) is 30.7. The van der Waals surface area contributed by atoms with Crippen LogP contribution in [0.15, 0.2) is 0 Å². The number of nitrogens with zero attached hydrogens (tertiary/aromatic N) is 2. The summed E-state index contributed by atoms with van der Waals surface area (Å²) in [6.45, 7) is 3.36. The molecule has 125 heavy (non-hydrogen) atoms. The summed E-state index contributed by atoms with van der Waals surface area (Å²) in [6, 6.07) is -20.4. The van der Waals surface area contributed by atoms with Crippen LogP contribution in [0, 0.1) is 43.8 Å². The second-order valence-electron chi connectivity index (χ2n) is 30.7. The minimum absolute atomic E-state index is 0.00113. The van der Waals surface area contributed by atoms with Crippen LogP contribution in [0.1, 0.15) is 162 Å². The number of fused-ring (bicyclic) bond motifs is 2. The molecule has 0 aliphatic carbocycles. The Balaban J connectivity index is 2.38. The summed E-state index contributed by atoms with van der Waals surface area (Å²) in [4.78, 5) is 233. The fraction of sp³-hybridized carbons (Fsp3) is 0.681. The molecule has 53 heteroatoms. The van der Waals surface area contributed by atoms with Crippen molar-refractivity contribution < 1.29 is 76.7 Å². The third-order valence-corrected chi connectivity index (χ3v) is 19.9. The molecule has 3 fully saturated rings. The van der Waals surface area contributed by atoms with Crippen LogP contribution >= 0.6 is 0 Å². The van der Waals surface area contributed by atoms with Gasteiger partial charge in [0.2, 0.25) is 94.5 Å². The molecule has 53 nitrogen and oxygen atoms in total. The molecule has 700 valence electrons. The summed E-state index contributed by atoms with van der Waals surface area (Å²) in [6.07, 6.45) is -3.30. The van der Waals surface area contributed by atoms with E-state index in [0.717, 1.165) is 0 Å². The highest BCUT2D eigenvalue weighted by molar-refractivity contribution is 6.02. The first-order chi connectivity index (χ1) is 59.0. The Bertz CT molecular complexity index is 3820. The van der Waals surface area contributed by atoms with Crippen molar-refractivity contribution in [3.8, 4) is 0 Å². The molecule has 3 aliphatic heterocycles. The lowest BCUT2D eigenvalue weighted by atomic mass is 10.0. The fourth-order valence-corrected chi connectivity index (χ4v) is 13.6. The average molecular weight is 1770 g/mol. The lowest BCUT2D eigenvalue weighted by Gasteiger charge is -2.34. The van der Waals surface area contributed by atoms with E-state index in [0.29, 0.717) is 0 Å². The molecular formula is C72H131N37O16. The molecule has 0 aromatic rings. The molecule has 13 atom stereocenters. The van der Waals surface area contributed by atoms with Gasteiger partial charge in [0.25, 0.3) is 0 Å². The van der Waals surface area contributed by atoms with Crippen molar-refractivity contribution in [2.75, 3.05) is 65.4 Å². The first kappa shape index (κ1) is 106. The van der Waals surface area contributed by atoms with Crippen LogP contribution in [0.5, 0.6) is 0 Å². The molecule has 3 heterocycles. The first-order valence-electron chi connectivity index (χ1n) is 41.3. The third kappa shape index (κ3) is 41.2. The van der Waals surface area contributed by atoms with E-state index in [1.54, 1.807) is 13.8 Å². The molecule has 3 saturated heterocycles. The van der Waals surface area contributed by atoms with Crippen LogP contribution < -0.4 is 153 Å². The second kappa shape index (κ2) is 55.4. The van der Waals surface area contributed by atoms with E-state index in [-0.39, 0.29) is 187 Å². The van der Waals surface area contributed by atoms with Crippen LogP contribution in [-0.2, 0) is 76.7 Å². The van der Waals surface area contributed by atoms with E-state index in [1.165, 1.54) is 16.7 Å². The molecule has 44 N–H and O–H groups in total. The largest absolute Gasteiger partial charge is 0.370 e. The Kier molecular flexibility index (Phi) is 46.8. The molecule has 0 unspecified atom stereocenters. The Hall–Kier alpha value is -13.6. The maximum absolute atomic E-state index is 15.2. The molecule has 0 radical (unpaired) electrons. The first-order valence-corrected chi connectivity index (χ1v) is 41.3. The van der Waals surface area contributed by atoms with Gasteiger partial charge in [-0.15, -0.1) is 0 Å². The van der Waals surface area contributed by atoms with E-state index >= 15 is 9.59 Å². The number of guanidine groups is 7. The zero-order valence-corrected chi connectivity index (χ0v) is 70.8. The van der Waals surface area contributed by atoms with E-state index < -0.39 is 241 Å². The van der Waals surface area contributed by atoms with Crippen molar-refractivity contribution in [1.82, 2.24) is 111 Å². The van der Waals surface area contributed by atoms with Gasteiger partial charge in [-0.1, -0.05) is 13.8 Å². The average Bonchev–Trinajstić information content (AvgIpc) is 1.66. The molecule has 0 aromatic carbocycles. The molecule has 0 bridgehead atoms. The fourth-order valence-electron chi connectivity index (χ4n) is 13.6. The van der Waals surface area contributed by atoms with E-state index in [4.69, 9.17) is 89.5 Å². The van der Waals surface area contributed by atoms with Gasteiger partial charge in [-0.05, 0) is 141 Å². The van der Waals surface area contributed by atoms with Gasteiger partial charge in [0.1, 0.15) is 78.5 Å². The molecule has 0 saturated carbocycles. The van der Waals surface area contributed by atoms with Gasteiger partial charge in [0.15, 0.2) is 41.7 Å². The van der Waals surface area contributed by atoms with Gasteiger partial charge in [-0.3, -0.25) is 115 Å². The highest BCUT2D eigenvalue weighted by Crippen LogP contribution is 2.27. The molecule has 3 rings (SSSR count). The van der Waals surface area contributed by atoms with Crippen LogP contribution in [0.25, 0.3) is 0 Å². The van der Waals surface area contributed by atoms with Gasteiger partial charge in [-0.25, -0.2) is 0 Å². The maximum Gasteiger partial charge on any atom is 0.246 e. The van der Waals surface area contributed by atoms with Crippen LogP contribution in [0.2, 0.25) is 0 Å². The van der Waals surface area contributed by atoms with Gasteiger partial charge in [0, 0.05) is 65.3 Å². The topological polar surface area (TPSA) is 909 Å². The van der Waals surface area contributed by atoms with Crippen molar-refractivity contribution in [1.29, 1.82) is 37.9 Å². The third-order valence-electron chi connectivity index (χ3n) is 19.9. The molecular weight excluding hydrogens is 1640 g/mol. The summed E-state index contributed by atoms with van der Waals surface area (Å²) in [5.41, 5.74) is 50.0. The van der Waals surface area contributed by atoms with Crippen LogP contribution in [0.4, 0.5) is 0 Å². The van der Waals surface area contributed by atoms with Gasteiger partial charge < -0.3 is 162 Å². The number of nitrogens with one attached hydrogen (secondary N) is 26. The highest BCUT2D eigenvalue weighted by atomic mass is 16.2. The van der Waals surface area contributed by atoms with Crippen molar-refractivity contribution in [2.45, 2.75) is 241 Å². The predicted molar refractivity (Wildman–Crippen MR) is 455 cm³/mol. The van der Waals surface area contributed by atoms with Crippen molar-refractivity contribution in [3.63, 3.8) is 0 Å². The predicted octanol–water partition coefficient (Wildman–Crippen LogP) is -12.5. The normalized spacial score (nSPS) is 23.7. The standard InChI is InChI=1S/C72H131N37O16/c1-36(2)33-46-61(121)102-39(14-5-25-90-67(77)78)55(115)97-37(3)53(113)99-38(13-4-24-89-66(75)76)54(114)96-35-52(112)98-44(22-23-50(73)110)60(120)101-42(17-8-28-93-70(83)84)59(119)107-47(34-51(74)111)62(122)103-40(15-6-26-91-68(79)80)57(117)105-45(19-10-30-95-72(87)88)64(124)109-32-12-21-49(109)65(125)108-31-11-20-48(108)63(123)104-43(18-9-29-94-71(85)86)56(116)100-41(58(118)106-46)16-7-27-92-69(81)82/h36-49H,4-35H2,1-3H3,(H2,73,110)(H2,74,111)(H,96,114)(H,97,115)(H,98,112)(H,99,113)(H,100,116)(H,101,120)(H,102,121)(H,103,122)(H,104,123)(H,105,117)(H,106,118)(H,107,119)(H4,75,76,89)(H4,77,78,90)(H4,79,80,91)(H4,81,82,92)(H4,83,84,93)(H4,85,86,94)(H4,87,88,95)/t37-,38+,39-,40-,41-,42-,43-,44-,45-,46-,47-,48+,49-/m0/s1. The van der Waals surface area contributed by atoms with Gasteiger partial charge >= 0.3 is 0 Å².